The average Bonchev–Trinajstić information content (AvgIpc) is 3.31. The topological polar surface area (TPSA) is 89.3 Å². The van der Waals surface area contributed by atoms with Gasteiger partial charge in [0.15, 0.2) is 5.82 Å². The highest BCUT2D eigenvalue weighted by molar-refractivity contribution is 5.88. The SMILES string of the molecule is CC1=C(OCc2ccc3c(c2)CCNC3)C(c2cccc(-n3ncc(C(=O)O)c3CC(C)C)n2)=CCC1. The molecule has 0 radical (unpaired) electrons. The number of pyridine rings is 1. The van der Waals surface area contributed by atoms with E-state index >= 15 is 0 Å². The molecule has 2 aliphatic rings. The highest BCUT2D eigenvalue weighted by atomic mass is 16.5. The Morgan fingerprint density at radius 1 is 1.19 bits per heavy atom. The lowest BCUT2D eigenvalue weighted by Crippen LogP contribution is -2.23. The maximum absolute atomic E-state index is 11.8. The number of carboxylic acid groups (broad SMARTS) is 1. The molecule has 0 spiro atoms. The minimum atomic E-state index is -0.972. The van der Waals surface area contributed by atoms with Crippen LogP contribution in [0.15, 0.2) is 60.0 Å². The van der Waals surface area contributed by atoms with Gasteiger partial charge in [0.2, 0.25) is 0 Å². The lowest BCUT2D eigenvalue weighted by molar-refractivity contribution is 0.0695. The molecule has 2 aromatic heterocycles. The van der Waals surface area contributed by atoms with Gasteiger partial charge in [0.05, 0.1) is 17.6 Å². The summed E-state index contributed by atoms with van der Waals surface area (Å²) in [5, 5.41) is 17.5. The number of ether oxygens (including phenoxy) is 1. The van der Waals surface area contributed by atoms with E-state index in [4.69, 9.17) is 9.72 Å². The Hall–Kier alpha value is -3.71. The molecule has 0 unspecified atom stereocenters. The molecule has 0 saturated heterocycles. The number of nitrogens with one attached hydrogen (secondary N) is 1. The van der Waals surface area contributed by atoms with Crippen molar-refractivity contribution in [3.05, 3.63) is 93.6 Å². The quantitative estimate of drug-likeness (QED) is 0.428. The van der Waals surface area contributed by atoms with Crippen LogP contribution >= 0.6 is 0 Å². The zero-order chi connectivity index (χ0) is 25.9. The number of aromatic carboxylic acids is 1. The molecule has 5 rings (SSSR count). The van der Waals surface area contributed by atoms with Gasteiger partial charge in [0, 0.05) is 12.1 Å². The predicted molar refractivity (Wildman–Crippen MR) is 143 cm³/mol. The zero-order valence-corrected chi connectivity index (χ0v) is 21.8. The molecule has 0 atom stereocenters. The molecule has 0 amide bonds. The van der Waals surface area contributed by atoms with Gasteiger partial charge in [-0.05, 0) is 79.5 Å². The molecular formula is C30H34N4O3. The number of hydrogen-bond acceptors (Lipinski definition) is 5. The minimum Gasteiger partial charge on any atom is -0.488 e. The van der Waals surface area contributed by atoms with Crippen LogP contribution in [0.5, 0.6) is 0 Å². The van der Waals surface area contributed by atoms with E-state index in [1.165, 1.54) is 28.5 Å². The molecule has 3 aromatic rings. The summed E-state index contributed by atoms with van der Waals surface area (Å²) in [7, 11) is 0. The largest absolute Gasteiger partial charge is 0.488 e. The van der Waals surface area contributed by atoms with E-state index in [0.29, 0.717) is 24.5 Å². The van der Waals surface area contributed by atoms with E-state index in [-0.39, 0.29) is 11.5 Å². The Morgan fingerprint density at radius 3 is 2.86 bits per heavy atom. The van der Waals surface area contributed by atoms with Crippen LogP contribution in [0.25, 0.3) is 11.4 Å². The molecule has 192 valence electrons. The molecule has 1 aromatic carbocycles. The summed E-state index contributed by atoms with van der Waals surface area (Å²) in [5.41, 5.74) is 7.80. The summed E-state index contributed by atoms with van der Waals surface area (Å²) in [6, 6.07) is 12.4. The number of hydrogen-bond donors (Lipinski definition) is 2. The summed E-state index contributed by atoms with van der Waals surface area (Å²) < 4.78 is 8.11. The van der Waals surface area contributed by atoms with Gasteiger partial charge in [-0.3, -0.25) is 0 Å². The maximum Gasteiger partial charge on any atom is 0.339 e. The maximum atomic E-state index is 11.8. The fourth-order valence-corrected chi connectivity index (χ4v) is 5.09. The summed E-state index contributed by atoms with van der Waals surface area (Å²) in [4.78, 5) is 16.7. The van der Waals surface area contributed by atoms with Crippen LogP contribution in [-0.4, -0.2) is 32.4 Å². The third-order valence-corrected chi connectivity index (χ3v) is 6.97. The monoisotopic (exact) mass is 498 g/mol. The highest BCUT2D eigenvalue weighted by Crippen LogP contribution is 2.33. The van der Waals surface area contributed by atoms with Crippen LogP contribution in [0.1, 0.15) is 72.0 Å². The number of aromatic nitrogens is 3. The van der Waals surface area contributed by atoms with Gasteiger partial charge in [-0.25, -0.2) is 14.5 Å². The van der Waals surface area contributed by atoms with Gasteiger partial charge < -0.3 is 15.2 Å². The lowest BCUT2D eigenvalue weighted by atomic mass is 9.95. The van der Waals surface area contributed by atoms with Crippen LogP contribution in [0.2, 0.25) is 0 Å². The molecule has 37 heavy (non-hydrogen) atoms. The first kappa shape index (κ1) is 25.0. The van der Waals surface area contributed by atoms with Crippen LogP contribution in [0.4, 0.5) is 0 Å². The van der Waals surface area contributed by atoms with Gasteiger partial charge >= 0.3 is 5.97 Å². The summed E-state index contributed by atoms with van der Waals surface area (Å²) >= 11 is 0. The second-order valence-corrected chi connectivity index (χ2v) is 10.3. The fraction of sp³-hybridized carbons (Fsp3) is 0.367. The molecule has 0 saturated carbocycles. The first-order valence-corrected chi connectivity index (χ1v) is 13.0. The Morgan fingerprint density at radius 2 is 2.05 bits per heavy atom. The molecule has 0 fully saturated rings. The van der Waals surface area contributed by atoms with Gasteiger partial charge in [-0.2, -0.15) is 5.10 Å². The Labute approximate surface area is 217 Å². The number of allylic oxidation sites excluding steroid dienone is 3. The number of rotatable bonds is 8. The fourth-order valence-electron chi connectivity index (χ4n) is 5.09. The van der Waals surface area contributed by atoms with E-state index in [0.717, 1.165) is 49.4 Å². The van der Waals surface area contributed by atoms with E-state index in [1.54, 1.807) is 4.68 Å². The average molecular weight is 499 g/mol. The third-order valence-electron chi connectivity index (χ3n) is 6.97. The highest BCUT2D eigenvalue weighted by Gasteiger charge is 2.22. The number of carbonyl (C=O) groups is 1. The van der Waals surface area contributed by atoms with Gasteiger partial charge in [0.1, 0.15) is 17.9 Å². The smallest absolute Gasteiger partial charge is 0.339 e. The van der Waals surface area contributed by atoms with Crippen molar-refractivity contribution in [1.29, 1.82) is 0 Å². The van der Waals surface area contributed by atoms with Crippen LogP contribution in [0.3, 0.4) is 0 Å². The van der Waals surface area contributed by atoms with Crippen molar-refractivity contribution in [3.63, 3.8) is 0 Å². The van der Waals surface area contributed by atoms with E-state index in [1.807, 2.05) is 18.2 Å². The first-order valence-electron chi connectivity index (χ1n) is 13.0. The number of benzene rings is 1. The second-order valence-electron chi connectivity index (χ2n) is 10.3. The van der Waals surface area contributed by atoms with Gasteiger partial charge in [-0.1, -0.05) is 44.2 Å². The van der Waals surface area contributed by atoms with Crippen molar-refractivity contribution < 1.29 is 14.6 Å². The van der Waals surface area contributed by atoms with Crippen molar-refractivity contribution in [2.24, 2.45) is 5.92 Å². The molecule has 2 N–H and O–H groups in total. The molecule has 1 aliphatic heterocycles. The van der Waals surface area contributed by atoms with E-state index in [2.05, 4.69) is 55.5 Å². The number of nitrogens with zero attached hydrogens (tertiary/aromatic N) is 3. The molecule has 1 aliphatic carbocycles. The molecule has 3 heterocycles. The van der Waals surface area contributed by atoms with Crippen molar-refractivity contribution >= 4 is 11.5 Å². The van der Waals surface area contributed by atoms with Crippen molar-refractivity contribution in [2.45, 2.75) is 59.6 Å². The normalized spacial score (nSPS) is 15.5. The van der Waals surface area contributed by atoms with Crippen molar-refractivity contribution in [1.82, 2.24) is 20.1 Å². The standard InChI is InChI=1S/C30H34N4O3/c1-19(2)14-27-25(30(35)36)17-32-34(27)28-9-5-8-26(33-28)24-7-4-6-20(3)29(24)37-18-21-10-11-23-16-31-13-12-22(23)15-21/h5,7-11,15,17,19,31H,4,6,12-14,16,18H2,1-3H3,(H,35,36). The van der Waals surface area contributed by atoms with Crippen LogP contribution in [-0.2, 0) is 30.7 Å². The predicted octanol–water partition coefficient (Wildman–Crippen LogP) is 5.48. The summed E-state index contributed by atoms with van der Waals surface area (Å²) in [5.74, 6) is 0.792. The Balaban J connectivity index is 1.42. The van der Waals surface area contributed by atoms with Crippen molar-refractivity contribution in [2.75, 3.05) is 6.54 Å². The van der Waals surface area contributed by atoms with E-state index in [9.17, 15) is 9.90 Å². The molecule has 7 nitrogen and oxygen atoms in total. The van der Waals surface area contributed by atoms with Crippen LogP contribution in [0, 0.1) is 5.92 Å². The van der Waals surface area contributed by atoms with Gasteiger partial charge in [0.25, 0.3) is 0 Å². The summed E-state index contributed by atoms with van der Waals surface area (Å²) in [6.07, 6.45) is 7.13. The lowest BCUT2D eigenvalue weighted by Gasteiger charge is -2.22. The minimum absolute atomic E-state index is 0.221. The molecular weight excluding hydrogens is 464 g/mol. The van der Waals surface area contributed by atoms with Crippen molar-refractivity contribution in [3.8, 4) is 5.82 Å². The number of fused-ring (bicyclic) bond motifs is 1. The number of carboxylic acids is 1. The van der Waals surface area contributed by atoms with E-state index < -0.39 is 5.97 Å². The zero-order valence-electron chi connectivity index (χ0n) is 21.8. The second kappa shape index (κ2) is 10.7. The Bertz CT molecular complexity index is 1380. The summed E-state index contributed by atoms with van der Waals surface area (Å²) in [6.45, 7) is 8.70. The molecule has 7 heteroatoms. The first-order chi connectivity index (χ1) is 17.9. The molecule has 0 bridgehead atoms. The Kier molecular flexibility index (Phi) is 7.24. The van der Waals surface area contributed by atoms with Gasteiger partial charge in [-0.15, -0.1) is 0 Å². The third kappa shape index (κ3) is 5.37. The van der Waals surface area contributed by atoms with Crippen LogP contribution < -0.4 is 5.32 Å².